The molecule has 0 heterocycles. The third kappa shape index (κ3) is 3.69. The highest BCUT2D eigenvalue weighted by Gasteiger charge is 2.40. The van der Waals surface area contributed by atoms with Crippen LogP contribution in [0.1, 0.15) is 32.1 Å². The van der Waals surface area contributed by atoms with Gasteiger partial charge in [0.25, 0.3) is 5.91 Å². The molecule has 1 saturated carbocycles. The SMILES string of the molecule is COc1ccccc1OCC(=O)NC1(C(=O)O)CCCCC1. The summed E-state index contributed by atoms with van der Waals surface area (Å²) in [6.45, 7) is -0.241. The van der Waals surface area contributed by atoms with Crippen LogP contribution < -0.4 is 14.8 Å². The number of nitrogens with one attached hydrogen (secondary N) is 1. The highest BCUT2D eigenvalue weighted by atomic mass is 16.5. The number of amides is 1. The quantitative estimate of drug-likeness (QED) is 0.839. The molecular formula is C16H21NO5. The number of rotatable bonds is 6. The standard InChI is InChI=1S/C16H21NO5/c1-21-12-7-3-4-8-13(12)22-11-14(18)17-16(15(19)20)9-5-2-6-10-16/h3-4,7-8H,2,5-6,9-11H2,1H3,(H,17,18)(H,19,20). The van der Waals surface area contributed by atoms with E-state index in [2.05, 4.69) is 5.32 Å². The number of methoxy groups -OCH3 is 1. The maximum atomic E-state index is 12.1. The van der Waals surface area contributed by atoms with Gasteiger partial charge in [-0.2, -0.15) is 0 Å². The maximum absolute atomic E-state index is 12.1. The summed E-state index contributed by atoms with van der Waals surface area (Å²) < 4.78 is 10.6. The molecular weight excluding hydrogens is 286 g/mol. The zero-order valence-electron chi connectivity index (χ0n) is 12.6. The molecule has 0 aliphatic heterocycles. The lowest BCUT2D eigenvalue weighted by Crippen LogP contribution is -2.56. The van der Waals surface area contributed by atoms with Crippen LogP contribution in [0.5, 0.6) is 11.5 Å². The van der Waals surface area contributed by atoms with Crippen molar-refractivity contribution in [3.63, 3.8) is 0 Å². The van der Waals surface area contributed by atoms with E-state index in [0.717, 1.165) is 19.3 Å². The molecule has 120 valence electrons. The number of carboxylic acids is 1. The minimum absolute atomic E-state index is 0.241. The Morgan fingerprint density at radius 2 is 1.82 bits per heavy atom. The van der Waals surface area contributed by atoms with Crippen LogP contribution in [0.4, 0.5) is 0 Å². The van der Waals surface area contributed by atoms with Gasteiger partial charge < -0.3 is 19.9 Å². The number of benzene rings is 1. The van der Waals surface area contributed by atoms with Gasteiger partial charge in [0.15, 0.2) is 18.1 Å². The molecule has 1 fully saturated rings. The number of carboxylic acid groups (broad SMARTS) is 1. The Balaban J connectivity index is 1.95. The van der Waals surface area contributed by atoms with Crippen LogP contribution in [-0.4, -0.2) is 36.2 Å². The smallest absolute Gasteiger partial charge is 0.329 e. The molecule has 0 aromatic heterocycles. The van der Waals surface area contributed by atoms with Crippen molar-refractivity contribution in [3.05, 3.63) is 24.3 Å². The van der Waals surface area contributed by atoms with Crippen molar-refractivity contribution in [3.8, 4) is 11.5 Å². The van der Waals surface area contributed by atoms with Gasteiger partial charge in [-0.15, -0.1) is 0 Å². The van der Waals surface area contributed by atoms with E-state index in [4.69, 9.17) is 9.47 Å². The lowest BCUT2D eigenvalue weighted by molar-refractivity contribution is -0.149. The van der Waals surface area contributed by atoms with Crippen LogP contribution in [-0.2, 0) is 9.59 Å². The lowest BCUT2D eigenvalue weighted by Gasteiger charge is -2.33. The minimum atomic E-state index is -1.15. The molecule has 0 atom stereocenters. The first kappa shape index (κ1) is 16.1. The predicted molar refractivity (Wildman–Crippen MR) is 80.1 cm³/mol. The van der Waals surface area contributed by atoms with Crippen molar-refractivity contribution in [2.45, 2.75) is 37.6 Å². The fourth-order valence-electron chi connectivity index (χ4n) is 2.73. The van der Waals surface area contributed by atoms with Crippen molar-refractivity contribution in [2.75, 3.05) is 13.7 Å². The number of carbonyl (C=O) groups is 2. The van der Waals surface area contributed by atoms with Crippen molar-refractivity contribution < 1.29 is 24.2 Å². The van der Waals surface area contributed by atoms with Gasteiger partial charge in [0.2, 0.25) is 0 Å². The Bertz CT molecular complexity index is 537. The van der Waals surface area contributed by atoms with Crippen molar-refractivity contribution in [1.29, 1.82) is 0 Å². The summed E-state index contributed by atoms with van der Waals surface area (Å²) >= 11 is 0. The Morgan fingerprint density at radius 1 is 1.18 bits per heavy atom. The van der Waals surface area contributed by atoms with Gasteiger partial charge in [-0.1, -0.05) is 31.4 Å². The van der Waals surface area contributed by atoms with Gasteiger partial charge in [-0.3, -0.25) is 4.79 Å². The Kier molecular flexibility index (Phi) is 5.25. The summed E-state index contributed by atoms with van der Waals surface area (Å²) in [6.07, 6.45) is 3.54. The van der Waals surface area contributed by atoms with Crippen LogP contribution >= 0.6 is 0 Å². The van der Waals surface area contributed by atoms with E-state index in [9.17, 15) is 14.7 Å². The van der Waals surface area contributed by atoms with E-state index in [0.29, 0.717) is 24.3 Å². The summed E-state index contributed by atoms with van der Waals surface area (Å²) in [6, 6.07) is 7.00. The zero-order chi connectivity index (χ0) is 16.0. The minimum Gasteiger partial charge on any atom is -0.493 e. The Hall–Kier alpha value is -2.24. The number of para-hydroxylation sites is 2. The average Bonchev–Trinajstić information content (AvgIpc) is 2.54. The number of hydrogen-bond donors (Lipinski definition) is 2. The summed E-state index contributed by atoms with van der Waals surface area (Å²) in [5.41, 5.74) is -1.15. The van der Waals surface area contributed by atoms with Crippen LogP contribution in [0.3, 0.4) is 0 Å². The second-order valence-electron chi connectivity index (χ2n) is 5.44. The zero-order valence-corrected chi connectivity index (χ0v) is 12.6. The predicted octanol–water partition coefficient (Wildman–Crippen LogP) is 1.98. The highest BCUT2D eigenvalue weighted by molar-refractivity contribution is 5.87. The van der Waals surface area contributed by atoms with Gasteiger partial charge >= 0.3 is 5.97 Å². The molecule has 1 amide bonds. The second kappa shape index (κ2) is 7.15. The highest BCUT2D eigenvalue weighted by Crippen LogP contribution is 2.29. The van der Waals surface area contributed by atoms with E-state index < -0.39 is 17.4 Å². The van der Waals surface area contributed by atoms with Crippen molar-refractivity contribution in [1.82, 2.24) is 5.32 Å². The van der Waals surface area contributed by atoms with Crippen molar-refractivity contribution in [2.24, 2.45) is 0 Å². The molecule has 2 N–H and O–H groups in total. The van der Waals surface area contributed by atoms with Gasteiger partial charge in [0, 0.05) is 0 Å². The molecule has 1 aliphatic rings. The normalized spacial score (nSPS) is 16.6. The average molecular weight is 307 g/mol. The summed E-state index contributed by atoms with van der Waals surface area (Å²) in [7, 11) is 1.52. The topological polar surface area (TPSA) is 84.9 Å². The monoisotopic (exact) mass is 307 g/mol. The molecule has 0 spiro atoms. The van der Waals surface area contributed by atoms with Gasteiger partial charge in [0.05, 0.1) is 7.11 Å². The third-order valence-electron chi connectivity index (χ3n) is 3.92. The largest absolute Gasteiger partial charge is 0.493 e. The summed E-state index contributed by atoms with van der Waals surface area (Å²) in [5.74, 6) is -0.429. The number of aliphatic carboxylic acids is 1. The molecule has 1 aromatic carbocycles. The number of ether oxygens (including phenoxy) is 2. The fourth-order valence-corrected chi connectivity index (χ4v) is 2.73. The van der Waals surface area contributed by atoms with Gasteiger partial charge in [0.1, 0.15) is 5.54 Å². The number of hydrogen-bond acceptors (Lipinski definition) is 4. The first-order chi connectivity index (χ1) is 10.6. The summed E-state index contributed by atoms with van der Waals surface area (Å²) in [5, 5.41) is 12.1. The first-order valence-electron chi connectivity index (χ1n) is 7.38. The third-order valence-corrected chi connectivity index (χ3v) is 3.92. The molecule has 0 unspecified atom stereocenters. The van der Waals surface area contributed by atoms with Gasteiger partial charge in [-0.05, 0) is 25.0 Å². The molecule has 0 radical (unpaired) electrons. The lowest BCUT2D eigenvalue weighted by atomic mass is 9.81. The van der Waals surface area contributed by atoms with E-state index in [1.807, 2.05) is 0 Å². The van der Waals surface area contributed by atoms with Crippen molar-refractivity contribution >= 4 is 11.9 Å². The Labute approximate surface area is 129 Å². The fraction of sp³-hybridized carbons (Fsp3) is 0.500. The van der Waals surface area contributed by atoms with Crippen LogP contribution in [0.2, 0.25) is 0 Å². The molecule has 1 aliphatic carbocycles. The van der Waals surface area contributed by atoms with Crippen LogP contribution in [0, 0.1) is 0 Å². The molecule has 1 aromatic rings. The van der Waals surface area contributed by atoms with Crippen LogP contribution in [0.25, 0.3) is 0 Å². The van der Waals surface area contributed by atoms with E-state index in [1.54, 1.807) is 24.3 Å². The van der Waals surface area contributed by atoms with E-state index in [-0.39, 0.29) is 6.61 Å². The summed E-state index contributed by atoms with van der Waals surface area (Å²) in [4.78, 5) is 23.6. The maximum Gasteiger partial charge on any atom is 0.329 e. The second-order valence-corrected chi connectivity index (χ2v) is 5.44. The Morgan fingerprint density at radius 3 is 2.41 bits per heavy atom. The first-order valence-corrected chi connectivity index (χ1v) is 7.38. The number of carbonyl (C=O) groups excluding carboxylic acids is 1. The van der Waals surface area contributed by atoms with Crippen LogP contribution in [0.15, 0.2) is 24.3 Å². The molecule has 2 rings (SSSR count). The van der Waals surface area contributed by atoms with E-state index >= 15 is 0 Å². The molecule has 6 heteroatoms. The molecule has 22 heavy (non-hydrogen) atoms. The molecule has 0 saturated heterocycles. The van der Waals surface area contributed by atoms with E-state index in [1.165, 1.54) is 7.11 Å². The molecule has 6 nitrogen and oxygen atoms in total. The molecule has 0 bridgehead atoms. The van der Waals surface area contributed by atoms with Gasteiger partial charge in [-0.25, -0.2) is 4.79 Å².